The molecule has 0 bridgehead atoms. The summed E-state index contributed by atoms with van der Waals surface area (Å²) in [7, 11) is 0. The summed E-state index contributed by atoms with van der Waals surface area (Å²) in [5, 5.41) is 5.25. The van der Waals surface area contributed by atoms with Crippen molar-refractivity contribution in [3.05, 3.63) is 35.9 Å². The van der Waals surface area contributed by atoms with Crippen LogP contribution < -0.4 is 16.4 Å². The lowest BCUT2D eigenvalue weighted by Gasteiger charge is -2.30. The fraction of sp³-hybridized carbons (Fsp3) is 0.583. The van der Waals surface area contributed by atoms with Crippen LogP contribution in [-0.2, 0) is 25.7 Å². The molecule has 4 amide bonds. The lowest BCUT2D eigenvalue weighted by molar-refractivity contribution is -0.133. The van der Waals surface area contributed by atoms with Crippen LogP contribution in [0.15, 0.2) is 30.3 Å². The predicted octanol–water partition coefficient (Wildman–Crippen LogP) is 1.56. The van der Waals surface area contributed by atoms with E-state index in [1.54, 1.807) is 24.3 Å². The molecule has 5 atom stereocenters. The first kappa shape index (κ1) is 24.9. The number of amides is 4. The molecule has 0 aromatic heterocycles. The van der Waals surface area contributed by atoms with Crippen molar-refractivity contribution in [1.82, 2.24) is 15.5 Å². The quantitative estimate of drug-likeness (QED) is 0.532. The van der Waals surface area contributed by atoms with Gasteiger partial charge in [-0.3, -0.25) is 19.3 Å². The van der Waals surface area contributed by atoms with E-state index in [2.05, 4.69) is 10.6 Å². The van der Waals surface area contributed by atoms with Gasteiger partial charge in [0.15, 0.2) is 0 Å². The lowest BCUT2D eigenvalue weighted by atomic mass is 9.90. The first-order chi connectivity index (χ1) is 16.6. The smallest absolute Gasteiger partial charge is 0.410 e. The molecule has 0 unspecified atom stereocenters. The average Bonchev–Trinajstić information content (AvgIpc) is 3.30. The number of nitrogens with zero attached hydrogens (tertiary/aromatic N) is 1. The molecule has 1 saturated carbocycles. The Bertz CT molecular complexity index is 976. The molecule has 0 spiro atoms. The average molecular weight is 493 g/mol. The van der Waals surface area contributed by atoms with Crippen LogP contribution >= 0.6 is 0 Å². The number of benzene rings is 1. The second-order valence-corrected chi connectivity index (χ2v) is 9.65. The van der Waals surface area contributed by atoms with Gasteiger partial charge in [-0.2, -0.15) is 0 Å². The van der Waals surface area contributed by atoms with Gasteiger partial charge in [0.2, 0.25) is 23.6 Å². The van der Waals surface area contributed by atoms with Crippen molar-refractivity contribution in [2.45, 2.75) is 56.7 Å². The Kier molecular flexibility index (Phi) is 7.23. The Hall–Kier alpha value is -3.24. The molecule has 3 fully saturated rings. The van der Waals surface area contributed by atoms with Gasteiger partial charge in [0.1, 0.15) is 18.7 Å². The largest absolute Gasteiger partial charge is 0.445 e. The van der Waals surface area contributed by atoms with Gasteiger partial charge in [0, 0.05) is 31.8 Å². The van der Waals surface area contributed by atoms with Crippen molar-refractivity contribution in [3.8, 4) is 0 Å². The Morgan fingerprint density at radius 1 is 1.23 bits per heavy atom. The number of hydrogen-bond donors (Lipinski definition) is 3. The van der Waals surface area contributed by atoms with E-state index >= 15 is 0 Å². The minimum Gasteiger partial charge on any atom is -0.445 e. The molecule has 0 radical (unpaired) electrons. The molecule has 9 nitrogen and oxygen atoms in total. The molecule has 3 aliphatic rings. The number of hydrogen-bond acceptors (Lipinski definition) is 5. The summed E-state index contributed by atoms with van der Waals surface area (Å²) in [5.74, 6) is -6.58. The Balaban J connectivity index is 1.48. The molecule has 35 heavy (non-hydrogen) atoms. The number of carbonyl (C=O) groups excluding carboxylic acids is 4. The zero-order valence-corrected chi connectivity index (χ0v) is 19.3. The second kappa shape index (κ2) is 10.2. The van der Waals surface area contributed by atoms with Gasteiger partial charge in [-0.25, -0.2) is 13.6 Å². The molecule has 1 aromatic carbocycles. The third-order valence-corrected chi connectivity index (χ3v) is 7.16. The number of nitrogens with one attached hydrogen (secondary N) is 2. The lowest BCUT2D eigenvalue weighted by Crippen LogP contribution is -2.55. The highest BCUT2D eigenvalue weighted by molar-refractivity contribution is 5.92. The summed E-state index contributed by atoms with van der Waals surface area (Å²) in [6.45, 7) is 0.470. The number of ether oxygens (including phenoxy) is 1. The summed E-state index contributed by atoms with van der Waals surface area (Å²) in [5.41, 5.74) is 6.24. The highest BCUT2D eigenvalue weighted by Crippen LogP contribution is 2.49. The molecule has 1 aromatic rings. The van der Waals surface area contributed by atoms with Gasteiger partial charge in [0.25, 0.3) is 0 Å². The van der Waals surface area contributed by atoms with Crippen molar-refractivity contribution in [2.24, 2.45) is 23.5 Å². The Morgan fingerprint density at radius 2 is 1.97 bits per heavy atom. The first-order valence-electron chi connectivity index (χ1n) is 11.9. The number of likely N-dealkylation sites (tertiary alicyclic amines) is 1. The Labute approximate surface area is 201 Å². The standard InChI is InChI=1S/C24H30F2N4O5/c25-24(26)10-16-12-30(23(34)35-13-14-5-2-1-3-6-14)19(17(16)11-24)22(33)29-18(20(27)31)9-15-7-4-8-28-21(15)32/h1-3,5-6,15-19H,4,7-13H2,(H2,27,31)(H,28,32)(H,29,33)/t15-,16-,17-,18-,19-/m0/s1. The highest BCUT2D eigenvalue weighted by atomic mass is 19.3. The SMILES string of the molecule is NC(=O)[C@H](C[C@@H]1CCCNC1=O)NC(=O)[C@@H]1[C@H]2CC(F)(F)C[C@H]2CN1C(=O)OCc1ccccc1. The normalized spacial score (nSPS) is 28.1. The summed E-state index contributed by atoms with van der Waals surface area (Å²) in [4.78, 5) is 51.6. The van der Waals surface area contributed by atoms with Gasteiger partial charge >= 0.3 is 6.09 Å². The third kappa shape index (κ3) is 5.71. The first-order valence-corrected chi connectivity index (χ1v) is 11.9. The minimum atomic E-state index is -2.93. The molecule has 4 N–H and O–H groups in total. The van der Waals surface area contributed by atoms with E-state index < -0.39 is 66.5 Å². The van der Waals surface area contributed by atoms with Crippen molar-refractivity contribution < 1.29 is 32.7 Å². The molecule has 190 valence electrons. The molecule has 4 rings (SSSR count). The number of carbonyl (C=O) groups is 4. The molecule has 11 heteroatoms. The molecule has 2 saturated heterocycles. The number of primary amides is 1. The second-order valence-electron chi connectivity index (χ2n) is 9.65. The number of nitrogens with two attached hydrogens (primary N) is 1. The Morgan fingerprint density at radius 3 is 2.66 bits per heavy atom. The number of piperidine rings is 1. The van der Waals surface area contributed by atoms with E-state index in [9.17, 15) is 28.0 Å². The molecule has 1 aliphatic carbocycles. The molecule has 2 heterocycles. The summed E-state index contributed by atoms with van der Waals surface area (Å²) >= 11 is 0. The highest BCUT2D eigenvalue weighted by Gasteiger charge is 2.58. The monoisotopic (exact) mass is 492 g/mol. The predicted molar refractivity (Wildman–Crippen MR) is 120 cm³/mol. The van der Waals surface area contributed by atoms with Gasteiger partial charge in [0.05, 0.1) is 0 Å². The maximum absolute atomic E-state index is 14.2. The zero-order chi connectivity index (χ0) is 25.2. The molecular weight excluding hydrogens is 462 g/mol. The van der Waals surface area contributed by atoms with Gasteiger partial charge in [-0.15, -0.1) is 0 Å². The topological polar surface area (TPSA) is 131 Å². The number of alkyl halides is 2. The minimum absolute atomic E-state index is 0.00232. The zero-order valence-electron chi connectivity index (χ0n) is 19.3. The van der Waals surface area contributed by atoms with Crippen LogP contribution in [0, 0.1) is 17.8 Å². The van der Waals surface area contributed by atoms with E-state index in [-0.39, 0.29) is 25.5 Å². The van der Waals surface area contributed by atoms with Crippen LogP contribution in [0.3, 0.4) is 0 Å². The maximum Gasteiger partial charge on any atom is 0.410 e. The van der Waals surface area contributed by atoms with Crippen molar-refractivity contribution in [2.75, 3.05) is 13.1 Å². The van der Waals surface area contributed by atoms with Crippen LogP contribution in [0.5, 0.6) is 0 Å². The number of halogens is 2. The number of rotatable bonds is 7. The van der Waals surface area contributed by atoms with E-state index in [0.717, 1.165) is 12.0 Å². The summed E-state index contributed by atoms with van der Waals surface area (Å²) < 4.78 is 33.7. The van der Waals surface area contributed by atoms with Gasteiger partial charge in [-0.1, -0.05) is 30.3 Å². The number of fused-ring (bicyclic) bond motifs is 1. The van der Waals surface area contributed by atoms with Crippen LogP contribution in [0.2, 0.25) is 0 Å². The maximum atomic E-state index is 14.2. The van der Waals surface area contributed by atoms with E-state index in [4.69, 9.17) is 10.5 Å². The van der Waals surface area contributed by atoms with Crippen LogP contribution in [0.25, 0.3) is 0 Å². The van der Waals surface area contributed by atoms with Crippen molar-refractivity contribution in [1.29, 1.82) is 0 Å². The van der Waals surface area contributed by atoms with Gasteiger partial charge in [-0.05, 0) is 36.7 Å². The van der Waals surface area contributed by atoms with Crippen molar-refractivity contribution >= 4 is 23.8 Å². The van der Waals surface area contributed by atoms with Crippen LogP contribution in [-0.4, -0.2) is 59.8 Å². The molecular formula is C24H30F2N4O5. The summed E-state index contributed by atoms with van der Waals surface area (Å²) in [6, 6.07) is 6.56. The fourth-order valence-corrected chi connectivity index (χ4v) is 5.47. The van der Waals surface area contributed by atoms with Gasteiger partial charge < -0.3 is 21.1 Å². The molecule has 2 aliphatic heterocycles. The third-order valence-electron chi connectivity index (χ3n) is 7.16. The van der Waals surface area contributed by atoms with E-state index in [1.165, 1.54) is 4.90 Å². The van der Waals surface area contributed by atoms with Crippen molar-refractivity contribution in [3.63, 3.8) is 0 Å². The van der Waals surface area contributed by atoms with E-state index in [0.29, 0.717) is 13.0 Å². The fourth-order valence-electron chi connectivity index (χ4n) is 5.47. The van der Waals surface area contributed by atoms with Crippen LogP contribution in [0.1, 0.15) is 37.7 Å². The van der Waals surface area contributed by atoms with Crippen LogP contribution in [0.4, 0.5) is 13.6 Å². The van der Waals surface area contributed by atoms with E-state index in [1.807, 2.05) is 6.07 Å². The summed E-state index contributed by atoms with van der Waals surface area (Å²) in [6.07, 6.45) is -0.464.